The third-order valence-electron chi connectivity index (χ3n) is 4.25. The van der Waals surface area contributed by atoms with Crippen molar-refractivity contribution in [3.05, 3.63) is 27.7 Å². The van der Waals surface area contributed by atoms with Crippen LogP contribution in [0, 0.1) is 5.92 Å². The van der Waals surface area contributed by atoms with Crippen molar-refractivity contribution in [1.82, 2.24) is 0 Å². The number of ether oxygens (including phenoxy) is 2. The van der Waals surface area contributed by atoms with E-state index in [1.165, 1.54) is 5.56 Å². The number of rotatable bonds is 5. The minimum absolute atomic E-state index is 0.0342. The van der Waals surface area contributed by atoms with Crippen molar-refractivity contribution in [3.63, 3.8) is 0 Å². The quantitative estimate of drug-likeness (QED) is 0.698. The molecule has 0 aromatic heterocycles. The SMILES string of the molecule is CCOC1CC(CC(Cl)c2cc(Br)cc3c2OCC3)C1. The molecule has 0 amide bonds. The first kappa shape index (κ1) is 14.7. The van der Waals surface area contributed by atoms with Crippen molar-refractivity contribution in [2.75, 3.05) is 13.2 Å². The van der Waals surface area contributed by atoms with Crippen LogP contribution in [0.1, 0.15) is 42.7 Å². The summed E-state index contributed by atoms with van der Waals surface area (Å²) in [6.45, 7) is 3.65. The summed E-state index contributed by atoms with van der Waals surface area (Å²) in [5.74, 6) is 1.71. The smallest absolute Gasteiger partial charge is 0.127 e. The third-order valence-corrected chi connectivity index (χ3v) is 5.12. The van der Waals surface area contributed by atoms with Gasteiger partial charge in [0.2, 0.25) is 0 Å². The van der Waals surface area contributed by atoms with Gasteiger partial charge in [-0.15, -0.1) is 11.6 Å². The second-order valence-corrected chi connectivity index (χ2v) is 7.14. The molecule has 0 spiro atoms. The van der Waals surface area contributed by atoms with Crippen LogP contribution in [0.4, 0.5) is 0 Å². The van der Waals surface area contributed by atoms with E-state index in [0.717, 1.165) is 54.7 Å². The minimum Gasteiger partial charge on any atom is -0.493 e. The molecule has 1 fully saturated rings. The average Bonchev–Trinajstić information content (AvgIpc) is 2.83. The van der Waals surface area contributed by atoms with Gasteiger partial charge in [0, 0.05) is 23.1 Å². The number of alkyl halides is 1. The van der Waals surface area contributed by atoms with Gasteiger partial charge in [-0.3, -0.25) is 0 Å². The summed E-state index contributed by atoms with van der Waals surface area (Å²) in [7, 11) is 0. The van der Waals surface area contributed by atoms with E-state index in [4.69, 9.17) is 21.1 Å². The zero-order valence-electron chi connectivity index (χ0n) is 11.7. The monoisotopic (exact) mass is 358 g/mol. The van der Waals surface area contributed by atoms with Gasteiger partial charge < -0.3 is 9.47 Å². The normalized spacial score (nSPS) is 25.8. The molecule has 110 valence electrons. The number of hydrogen-bond donors (Lipinski definition) is 0. The Morgan fingerprint density at radius 1 is 1.45 bits per heavy atom. The van der Waals surface area contributed by atoms with Crippen LogP contribution in [-0.2, 0) is 11.2 Å². The second kappa shape index (κ2) is 6.25. The van der Waals surface area contributed by atoms with Crippen molar-refractivity contribution in [2.45, 2.75) is 44.1 Å². The molecule has 1 heterocycles. The molecule has 0 N–H and O–H groups in total. The molecule has 1 saturated carbocycles. The van der Waals surface area contributed by atoms with Gasteiger partial charge in [-0.2, -0.15) is 0 Å². The Morgan fingerprint density at radius 2 is 2.25 bits per heavy atom. The molecule has 3 rings (SSSR count). The lowest BCUT2D eigenvalue weighted by molar-refractivity contribution is -0.0267. The van der Waals surface area contributed by atoms with E-state index in [1.54, 1.807) is 0 Å². The molecule has 20 heavy (non-hydrogen) atoms. The van der Waals surface area contributed by atoms with Crippen molar-refractivity contribution in [1.29, 1.82) is 0 Å². The lowest BCUT2D eigenvalue weighted by Crippen LogP contribution is -2.31. The highest BCUT2D eigenvalue weighted by atomic mass is 79.9. The first-order valence-corrected chi connectivity index (χ1v) is 8.61. The first-order valence-electron chi connectivity index (χ1n) is 7.38. The Hall–Kier alpha value is -0.250. The van der Waals surface area contributed by atoms with Crippen LogP contribution in [0.25, 0.3) is 0 Å². The Morgan fingerprint density at radius 3 is 3.00 bits per heavy atom. The molecule has 4 heteroatoms. The second-order valence-electron chi connectivity index (χ2n) is 5.70. The van der Waals surface area contributed by atoms with Crippen LogP contribution in [0.15, 0.2) is 16.6 Å². The van der Waals surface area contributed by atoms with Crippen LogP contribution in [-0.4, -0.2) is 19.3 Å². The van der Waals surface area contributed by atoms with E-state index in [1.807, 2.05) is 0 Å². The fourth-order valence-corrected chi connectivity index (χ4v) is 4.13. The van der Waals surface area contributed by atoms with E-state index >= 15 is 0 Å². The molecule has 1 unspecified atom stereocenters. The van der Waals surface area contributed by atoms with E-state index in [0.29, 0.717) is 12.0 Å². The van der Waals surface area contributed by atoms with Gasteiger partial charge in [-0.25, -0.2) is 0 Å². The van der Waals surface area contributed by atoms with E-state index in [2.05, 4.69) is 35.0 Å². The van der Waals surface area contributed by atoms with Gasteiger partial charge in [0.1, 0.15) is 5.75 Å². The van der Waals surface area contributed by atoms with Crippen molar-refractivity contribution < 1.29 is 9.47 Å². The first-order chi connectivity index (χ1) is 9.67. The molecule has 1 aromatic carbocycles. The molecule has 2 aliphatic rings. The molecule has 2 nitrogen and oxygen atoms in total. The zero-order valence-corrected chi connectivity index (χ0v) is 14.0. The zero-order chi connectivity index (χ0) is 14.1. The standard InChI is InChI=1S/C16H20BrClO2/c1-2-19-13-5-10(6-13)7-15(18)14-9-12(17)8-11-3-4-20-16(11)14/h8-10,13,15H,2-7H2,1H3. The molecular weight excluding hydrogens is 340 g/mol. The predicted octanol–water partition coefficient (Wildman–Crippen LogP) is 4.87. The topological polar surface area (TPSA) is 18.5 Å². The molecule has 1 aromatic rings. The largest absolute Gasteiger partial charge is 0.493 e. The van der Waals surface area contributed by atoms with Crippen LogP contribution in [0.3, 0.4) is 0 Å². The van der Waals surface area contributed by atoms with Crippen molar-refractivity contribution >= 4 is 27.5 Å². The summed E-state index contributed by atoms with van der Waals surface area (Å²) in [5.41, 5.74) is 2.43. The van der Waals surface area contributed by atoms with Crippen LogP contribution in [0.2, 0.25) is 0 Å². The summed E-state index contributed by atoms with van der Waals surface area (Å²) in [6, 6.07) is 4.25. The predicted molar refractivity (Wildman–Crippen MR) is 84.7 cm³/mol. The van der Waals surface area contributed by atoms with Gasteiger partial charge >= 0.3 is 0 Å². The van der Waals surface area contributed by atoms with E-state index < -0.39 is 0 Å². The Kier molecular flexibility index (Phi) is 4.58. The summed E-state index contributed by atoms with van der Waals surface area (Å²) >= 11 is 10.2. The van der Waals surface area contributed by atoms with Gasteiger partial charge in [-0.05, 0) is 49.8 Å². The fraction of sp³-hybridized carbons (Fsp3) is 0.625. The van der Waals surface area contributed by atoms with Gasteiger partial charge in [-0.1, -0.05) is 15.9 Å². The van der Waals surface area contributed by atoms with Gasteiger partial charge in [0.25, 0.3) is 0 Å². The molecule has 0 saturated heterocycles. The highest BCUT2D eigenvalue weighted by Crippen LogP contribution is 2.44. The summed E-state index contributed by atoms with van der Waals surface area (Å²) in [4.78, 5) is 0. The Bertz CT molecular complexity index is 486. The summed E-state index contributed by atoms with van der Waals surface area (Å²) < 4.78 is 12.5. The van der Waals surface area contributed by atoms with Crippen LogP contribution >= 0.6 is 27.5 Å². The van der Waals surface area contributed by atoms with E-state index in [9.17, 15) is 0 Å². The molecular formula is C16H20BrClO2. The number of benzene rings is 1. The van der Waals surface area contributed by atoms with Crippen LogP contribution < -0.4 is 4.74 Å². The van der Waals surface area contributed by atoms with Crippen molar-refractivity contribution in [3.8, 4) is 5.75 Å². The lowest BCUT2D eigenvalue weighted by atomic mass is 9.78. The molecule has 1 atom stereocenters. The average molecular weight is 360 g/mol. The Balaban J connectivity index is 1.65. The van der Waals surface area contributed by atoms with E-state index in [-0.39, 0.29) is 5.38 Å². The number of hydrogen-bond acceptors (Lipinski definition) is 2. The summed E-state index contributed by atoms with van der Waals surface area (Å²) in [6.07, 6.45) is 4.75. The number of halogens is 2. The highest BCUT2D eigenvalue weighted by molar-refractivity contribution is 9.10. The molecule has 1 aliphatic heterocycles. The molecule has 1 aliphatic carbocycles. The van der Waals surface area contributed by atoms with Crippen LogP contribution in [0.5, 0.6) is 5.75 Å². The summed E-state index contributed by atoms with van der Waals surface area (Å²) in [5, 5.41) is 0.0342. The highest BCUT2D eigenvalue weighted by Gasteiger charge is 2.32. The van der Waals surface area contributed by atoms with Gasteiger partial charge in [0.15, 0.2) is 0 Å². The maximum atomic E-state index is 6.65. The lowest BCUT2D eigenvalue weighted by Gasteiger charge is -2.36. The Labute approximate surface area is 133 Å². The minimum atomic E-state index is 0.0342. The maximum absolute atomic E-state index is 6.65. The number of fused-ring (bicyclic) bond motifs is 1. The third kappa shape index (κ3) is 3.00. The van der Waals surface area contributed by atoms with Crippen molar-refractivity contribution in [2.24, 2.45) is 5.92 Å². The molecule has 0 bridgehead atoms. The fourth-order valence-electron chi connectivity index (χ4n) is 3.19. The molecule has 0 radical (unpaired) electrons. The maximum Gasteiger partial charge on any atom is 0.127 e. The van der Waals surface area contributed by atoms with Gasteiger partial charge in [0.05, 0.1) is 18.1 Å².